The summed E-state index contributed by atoms with van der Waals surface area (Å²) in [5.41, 5.74) is 3.79. The predicted octanol–water partition coefficient (Wildman–Crippen LogP) is 4.53. The molecule has 6 heteroatoms. The van der Waals surface area contributed by atoms with Crippen LogP contribution in [0.3, 0.4) is 0 Å². The number of carbonyl (C=O) groups excluding carboxylic acids is 1. The van der Waals surface area contributed by atoms with Crippen LogP contribution in [-0.2, 0) is 21.8 Å². The van der Waals surface area contributed by atoms with Gasteiger partial charge in [-0.05, 0) is 28.8 Å². The fourth-order valence-corrected chi connectivity index (χ4v) is 4.12. The Labute approximate surface area is 178 Å². The molecule has 150 valence electrons. The van der Waals surface area contributed by atoms with Crippen molar-refractivity contribution in [3.63, 3.8) is 0 Å². The molecule has 1 heterocycles. The van der Waals surface area contributed by atoms with Crippen LogP contribution >= 0.6 is 11.8 Å². The molecule has 0 saturated heterocycles. The Morgan fingerprint density at radius 3 is 2.33 bits per heavy atom. The molecule has 0 aliphatic rings. The van der Waals surface area contributed by atoms with Crippen molar-refractivity contribution < 1.29 is 9.53 Å². The third-order valence-electron chi connectivity index (χ3n) is 4.77. The maximum atomic E-state index is 12.9. The lowest BCUT2D eigenvalue weighted by molar-refractivity contribution is -0.141. The van der Waals surface area contributed by atoms with Crippen molar-refractivity contribution in [2.75, 3.05) is 7.11 Å². The van der Waals surface area contributed by atoms with Crippen molar-refractivity contribution in [3.8, 4) is 11.1 Å². The zero-order chi connectivity index (χ0) is 20.9. The summed E-state index contributed by atoms with van der Waals surface area (Å²) in [6, 6.07) is 25.6. The molecule has 0 aliphatic heterocycles. The molecule has 0 radical (unpaired) electrons. The first-order valence-corrected chi connectivity index (χ1v) is 10.5. The van der Waals surface area contributed by atoms with Crippen molar-refractivity contribution in [1.82, 2.24) is 9.55 Å². The van der Waals surface area contributed by atoms with E-state index in [0.717, 1.165) is 11.1 Å². The lowest BCUT2D eigenvalue weighted by atomic mass is 10.0. The Balaban J connectivity index is 1.60. The van der Waals surface area contributed by atoms with Crippen LogP contribution < -0.4 is 5.56 Å². The van der Waals surface area contributed by atoms with E-state index in [1.54, 1.807) is 18.2 Å². The van der Waals surface area contributed by atoms with Crippen LogP contribution in [0.25, 0.3) is 22.0 Å². The van der Waals surface area contributed by atoms with Crippen LogP contribution in [0.5, 0.6) is 0 Å². The molecule has 30 heavy (non-hydrogen) atoms. The van der Waals surface area contributed by atoms with Gasteiger partial charge in [0.2, 0.25) is 0 Å². The van der Waals surface area contributed by atoms with E-state index in [9.17, 15) is 9.59 Å². The Hall–Kier alpha value is -3.38. The third-order valence-corrected chi connectivity index (χ3v) is 5.82. The molecule has 5 nitrogen and oxygen atoms in total. The SMILES string of the molecule is COC(=O)Cn1c(SCc2ccc(-c3ccccc3)cc2)nc2ccccc2c1=O. The Morgan fingerprint density at radius 1 is 0.933 bits per heavy atom. The molecule has 4 aromatic rings. The smallest absolute Gasteiger partial charge is 0.325 e. The second-order valence-corrected chi connectivity index (χ2v) is 7.67. The van der Waals surface area contributed by atoms with Crippen molar-refractivity contribution in [3.05, 3.63) is 94.8 Å². The molecule has 0 saturated carbocycles. The highest BCUT2D eigenvalue weighted by Crippen LogP contribution is 2.25. The quantitative estimate of drug-likeness (QED) is 0.263. The minimum atomic E-state index is -0.483. The van der Waals surface area contributed by atoms with Gasteiger partial charge < -0.3 is 4.74 Å². The van der Waals surface area contributed by atoms with Crippen LogP contribution in [-0.4, -0.2) is 22.6 Å². The van der Waals surface area contributed by atoms with E-state index in [4.69, 9.17) is 4.74 Å². The molecule has 0 spiro atoms. The van der Waals surface area contributed by atoms with Gasteiger partial charge in [-0.1, -0.05) is 78.5 Å². The summed E-state index contributed by atoms with van der Waals surface area (Å²) >= 11 is 1.43. The van der Waals surface area contributed by atoms with E-state index in [2.05, 4.69) is 41.4 Å². The second-order valence-electron chi connectivity index (χ2n) is 6.73. The molecule has 1 aromatic heterocycles. The summed E-state index contributed by atoms with van der Waals surface area (Å²) in [7, 11) is 1.31. The number of carbonyl (C=O) groups is 1. The minimum Gasteiger partial charge on any atom is -0.468 e. The predicted molar refractivity (Wildman–Crippen MR) is 119 cm³/mol. The van der Waals surface area contributed by atoms with Crippen molar-refractivity contribution in [2.24, 2.45) is 0 Å². The van der Waals surface area contributed by atoms with E-state index in [0.29, 0.717) is 21.8 Å². The van der Waals surface area contributed by atoms with Gasteiger partial charge in [0.1, 0.15) is 6.54 Å². The van der Waals surface area contributed by atoms with Crippen LogP contribution in [0.4, 0.5) is 0 Å². The number of hydrogen-bond acceptors (Lipinski definition) is 5. The number of benzene rings is 3. The van der Waals surface area contributed by atoms with Crippen LogP contribution in [0.1, 0.15) is 5.56 Å². The zero-order valence-corrected chi connectivity index (χ0v) is 17.3. The molecule has 0 atom stereocenters. The Kier molecular flexibility index (Phi) is 5.95. The standard InChI is InChI=1S/C24H20N2O3S/c1-29-22(27)15-26-23(28)20-9-5-6-10-21(20)25-24(26)30-16-17-11-13-19(14-12-17)18-7-3-2-4-8-18/h2-14H,15-16H2,1H3. The summed E-state index contributed by atoms with van der Waals surface area (Å²) in [6.07, 6.45) is 0. The average molecular weight is 417 g/mol. The first kappa shape index (κ1) is 19.9. The van der Waals surface area contributed by atoms with Gasteiger partial charge in [0.25, 0.3) is 5.56 Å². The lowest BCUT2D eigenvalue weighted by Gasteiger charge is -2.12. The number of aromatic nitrogens is 2. The number of methoxy groups -OCH3 is 1. The molecule has 4 rings (SSSR count). The number of nitrogens with zero attached hydrogens (tertiary/aromatic N) is 2. The molecule has 3 aromatic carbocycles. The maximum absolute atomic E-state index is 12.9. The molecular formula is C24H20N2O3S. The van der Waals surface area contributed by atoms with E-state index in [1.807, 2.05) is 24.3 Å². The monoisotopic (exact) mass is 416 g/mol. The van der Waals surface area contributed by atoms with Crippen LogP contribution in [0.2, 0.25) is 0 Å². The summed E-state index contributed by atoms with van der Waals surface area (Å²) in [6.45, 7) is -0.164. The van der Waals surface area contributed by atoms with E-state index in [1.165, 1.54) is 29.0 Å². The van der Waals surface area contributed by atoms with Gasteiger partial charge in [0, 0.05) is 5.75 Å². The van der Waals surface area contributed by atoms with Crippen LogP contribution in [0, 0.1) is 0 Å². The maximum Gasteiger partial charge on any atom is 0.325 e. The summed E-state index contributed by atoms with van der Waals surface area (Å²) < 4.78 is 6.14. The lowest BCUT2D eigenvalue weighted by Crippen LogP contribution is -2.27. The van der Waals surface area contributed by atoms with E-state index in [-0.39, 0.29) is 12.1 Å². The molecule has 0 amide bonds. The van der Waals surface area contributed by atoms with Gasteiger partial charge in [-0.3, -0.25) is 14.2 Å². The van der Waals surface area contributed by atoms with Crippen molar-refractivity contribution in [1.29, 1.82) is 0 Å². The fourth-order valence-electron chi connectivity index (χ4n) is 3.16. The molecule has 0 aliphatic carbocycles. The third kappa shape index (κ3) is 4.28. The van der Waals surface area contributed by atoms with Gasteiger partial charge in [-0.2, -0.15) is 0 Å². The van der Waals surface area contributed by atoms with Gasteiger partial charge in [0.15, 0.2) is 5.16 Å². The Bertz CT molecular complexity index is 1240. The molecule has 0 N–H and O–H groups in total. The Morgan fingerprint density at radius 2 is 1.60 bits per heavy atom. The largest absolute Gasteiger partial charge is 0.468 e. The van der Waals surface area contributed by atoms with Crippen LogP contribution in [0.15, 0.2) is 88.8 Å². The number of esters is 1. The first-order valence-electron chi connectivity index (χ1n) is 9.49. The van der Waals surface area contributed by atoms with Gasteiger partial charge >= 0.3 is 5.97 Å². The number of fused-ring (bicyclic) bond motifs is 1. The highest BCUT2D eigenvalue weighted by atomic mass is 32.2. The normalized spacial score (nSPS) is 10.8. The summed E-state index contributed by atoms with van der Waals surface area (Å²) in [5.74, 6) is 0.143. The number of para-hydroxylation sites is 1. The van der Waals surface area contributed by atoms with E-state index >= 15 is 0 Å². The highest BCUT2D eigenvalue weighted by Gasteiger charge is 2.15. The number of ether oxygens (including phenoxy) is 1. The van der Waals surface area contributed by atoms with Gasteiger partial charge in [0.05, 0.1) is 18.0 Å². The van der Waals surface area contributed by atoms with Gasteiger partial charge in [-0.25, -0.2) is 4.98 Å². The molecule has 0 unspecified atom stereocenters. The number of hydrogen-bond donors (Lipinski definition) is 0. The first-order chi connectivity index (χ1) is 14.7. The van der Waals surface area contributed by atoms with Crippen molar-refractivity contribution >= 4 is 28.6 Å². The average Bonchev–Trinajstić information content (AvgIpc) is 2.80. The molecule has 0 bridgehead atoms. The minimum absolute atomic E-state index is 0.164. The summed E-state index contributed by atoms with van der Waals surface area (Å²) in [5, 5.41) is 0.981. The topological polar surface area (TPSA) is 61.2 Å². The molecule has 0 fully saturated rings. The molecular weight excluding hydrogens is 396 g/mol. The number of rotatable bonds is 6. The van der Waals surface area contributed by atoms with E-state index < -0.39 is 5.97 Å². The number of thioether (sulfide) groups is 1. The fraction of sp³-hybridized carbons (Fsp3) is 0.125. The zero-order valence-electron chi connectivity index (χ0n) is 16.4. The highest BCUT2D eigenvalue weighted by molar-refractivity contribution is 7.98. The second kappa shape index (κ2) is 8.97. The van der Waals surface area contributed by atoms with Crippen molar-refractivity contribution in [2.45, 2.75) is 17.5 Å². The summed E-state index contributed by atoms with van der Waals surface area (Å²) in [4.78, 5) is 29.4. The van der Waals surface area contributed by atoms with Gasteiger partial charge in [-0.15, -0.1) is 0 Å².